The predicted octanol–water partition coefficient (Wildman–Crippen LogP) is 4.79. The van der Waals surface area contributed by atoms with Crippen LogP contribution >= 0.6 is 11.8 Å². The van der Waals surface area contributed by atoms with Crippen LogP contribution < -0.4 is 0 Å². The number of aliphatic hydroxyl groups excluding tert-OH is 1. The topological polar surface area (TPSA) is 80.0 Å². The van der Waals surface area contributed by atoms with Gasteiger partial charge in [0.15, 0.2) is 5.17 Å². The molecule has 14 heteroatoms. The molecular weight excluding hydrogens is 550 g/mol. The molecule has 7 nitrogen and oxygen atoms in total. The fraction of sp³-hybridized carbons (Fsp3) is 0.320. The van der Waals surface area contributed by atoms with Crippen LogP contribution in [-0.4, -0.2) is 63.3 Å². The zero-order chi connectivity index (χ0) is 27.9. The number of morpholine rings is 1. The van der Waals surface area contributed by atoms with Crippen LogP contribution in [0.2, 0.25) is 0 Å². The average Bonchev–Trinajstić information content (AvgIpc) is 3.45. The molecule has 1 saturated heterocycles. The van der Waals surface area contributed by atoms with Gasteiger partial charge in [-0.3, -0.25) is 9.48 Å². The van der Waals surface area contributed by atoms with Gasteiger partial charge in [0, 0.05) is 18.5 Å². The first-order chi connectivity index (χ1) is 18.4. The third-order valence-electron chi connectivity index (χ3n) is 6.25. The molecule has 1 fully saturated rings. The van der Waals surface area contributed by atoms with Gasteiger partial charge in [0.25, 0.3) is 5.91 Å². The van der Waals surface area contributed by atoms with E-state index in [1.165, 1.54) is 22.6 Å². The van der Waals surface area contributed by atoms with E-state index < -0.39 is 35.9 Å². The van der Waals surface area contributed by atoms with Crippen LogP contribution in [0.4, 0.5) is 26.3 Å². The monoisotopic (exact) mass is 570 g/mol. The number of rotatable bonds is 4. The second kappa shape index (κ2) is 10.3. The van der Waals surface area contributed by atoms with Crippen molar-refractivity contribution in [3.8, 4) is 0 Å². The van der Waals surface area contributed by atoms with Crippen LogP contribution in [0.15, 0.2) is 52.5 Å². The Balaban J connectivity index is 1.36. The number of hydrogen-bond donors (Lipinski definition) is 1. The first-order valence-corrected chi connectivity index (χ1v) is 12.5. The van der Waals surface area contributed by atoms with Crippen LogP contribution in [0.3, 0.4) is 0 Å². The zero-order valence-electron chi connectivity index (χ0n) is 20.0. The minimum Gasteiger partial charge on any atom is -0.394 e. The quantitative estimate of drug-likeness (QED) is 0.359. The number of benzene rings is 2. The number of halogens is 6. The molecule has 3 aromatic rings. The van der Waals surface area contributed by atoms with Crippen molar-refractivity contribution in [2.24, 2.45) is 4.99 Å². The minimum absolute atomic E-state index is 0.110. The van der Waals surface area contributed by atoms with Crippen LogP contribution in [0.25, 0.3) is 17.0 Å². The average molecular weight is 571 g/mol. The highest BCUT2D eigenvalue weighted by Crippen LogP contribution is 2.38. The Bertz CT molecular complexity index is 1480. The van der Waals surface area contributed by atoms with Gasteiger partial charge in [-0.1, -0.05) is 12.1 Å². The maximum atomic E-state index is 13.6. The van der Waals surface area contributed by atoms with Crippen LogP contribution in [0.5, 0.6) is 0 Å². The van der Waals surface area contributed by atoms with Crippen molar-refractivity contribution >= 4 is 39.8 Å². The summed E-state index contributed by atoms with van der Waals surface area (Å²) in [6, 6.07) is 6.52. The van der Waals surface area contributed by atoms with Crippen molar-refractivity contribution in [3.63, 3.8) is 0 Å². The number of amides is 1. The van der Waals surface area contributed by atoms with Gasteiger partial charge in [-0.25, -0.2) is 0 Å². The van der Waals surface area contributed by atoms with E-state index in [1.807, 2.05) is 4.90 Å². The molecule has 0 radical (unpaired) electrons. The molecule has 1 N–H and O–H groups in total. The van der Waals surface area contributed by atoms with E-state index in [1.54, 1.807) is 24.3 Å². The minimum atomic E-state index is -4.98. The number of aromatic nitrogens is 2. The maximum absolute atomic E-state index is 13.6. The van der Waals surface area contributed by atoms with Gasteiger partial charge in [0.1, 0.15) is 0 Å². The molecule has 1 amide bonds. The lowest BCUT2D eigenvalue weighted by molar-refractivity contribution is -0.143. The van der Waals surface area contributed by atoms with Crippen molar-refractivity contribution in [3.05, 3.63) is 69.8 Å². The van der Waals surface area contributed by atoms with Gasteiger partial charge in [0.2, 0.25) is 0 Å². The second-order valence-corrected chi connectivity index (χ2v) is 9.93. The number of nitrogens with zero attached hydrogens (tertiary/aromatic N) is 4. The Kier molecular flexibility index (Phi) is 7.20. The summed E-state index contributed by atoms with van der Waals surface area (Å²) in [5.74, 6) is -0.417. The van der Waals surface area contributed by atoms with E-state index in [0.717, 1.165) is 6.07 Å². The summed E-state index contributed by atoms with van der Waals surface area (Å²) in [6.45, 7) is 0.799. The Labute approximate surface area is 221 Å². The van der Waals surface area contributed by atoms with Gasteiger partial charge in [-0.05, 0) is 53.2 Å². The van der Waals surface area contributed by atoms with Crippen molar-refractivity contribution in [2.75, 3.05) is 26.3 Å². The van der Waals surface area contributed by atoms with Crippen LogP contribution in [0, 0.1) is 0 Å². The Morgan fingerprint density at radius 1 is 1.10 bits per heavy atom. The maximum Gasteiger partial charge on any atom is 0.416 e. The highest BCUT2D eigenvalue weighted by Gasteiger charge is 2.38. The summed E-state index contributed by atoms with van der Waals surface area (Å²) >= 11 is 1.19. The van der Waals surface area contributed by atoms with Crippen molar-refractivity contribution in [2.45, 2.75) is 25.0 Å². The van der Waals surface area contributed by atoms with E-state index in [-0.39, 0.29) is 24.3 Å². The lowest BCUT2D eigenvalue weighted by Crippen LogP contribution is -2.45. The van der Waals surface area contributed by atoms with Crippen LogP contribution in [-0.2, 0) is 28.4 Å². The number of alkyl halides is 6. The summed E-state index contributed by atoms with van der Waals surface area (Å²) in [7, 11) is 0. The Hall–Kier alpha value is -3.36. The van der Waals surface area contributed by atoms with Gasteiger partial charge in [0.05, 0.1) is 53.6 Å². The third-order valence-corrected chi connectivity index (χ3v) is 7.29. The second-order valence-electron chi connectivity index (χ2n) is 8.92. The molecular formula is C25H20F6N4O3S. The summed E-state index contributed by atoms with van der Waals surface area (Å²) in [6.07, 6.45) is -7.17. The number of thioether (sulfide) groups is 1. The van der Waals surface area contributed by atoms with E-state index in [0.29, 0.717) is 52.3 Å². The molecule has 1 atom stereocenters. The Morgan fingerprint density at radius 3 is 2.62 bits per heavy atom. The smallest absolute Gasteiger partial charge is 0.394 e. The predicted molar refractivity (Wildman–Crippen MR) is 132 cm³/mol. The van der Waals surface area contributed by atoms with Gasteiger partial charge >= 0.3 is 12.4 Å². The summed E-state index contributed by atoms with van der Waals surface area (Å²) in [5.41, 5.74) is -2.00. The molecule has 2 aliphatic rings. The van der Waals surface area contributed by atoms with Crippen molar-refractivity contribution in [1.29, 1.82) is 0 Å². The molecule has 3 heterocycles. The molecule has 206 valence electrons. The van der Waals surface area contributed by atoms with E-state index in [2.05, 4.69) is 10.1 Å². The number of carbonyl (C=O) groups excluding carboxylic acids is 1. The third kappa shape index (κ3) is 5.82. The number of fused-ring (bicyclic) bond motifs is 1. The standard InChI is InChI=1S/C25H20F6N4O3S/c26-24(27,28)17-3-2-15(19(9-17)25(29,30)31)11-35-20-4-1-14(7-16(20)10-32-35)8-21-22(37)33-23(39-21)34-5-6-38-18(12-34)13-36/h1-4,7-10,18,36H,5-6,11-13H2/b21-8-. The summed E-state index contributed by atoms with van der Waals surface area (Å²) < 4.78 is 86.3. The van der Waals surface area contributed by atoms with Gasteiger partial charge in [-0.2, -0.15) is 36.4 Å². The van der Waals surface area contributed by atoms with Crippen LogP contribution in [0.1, 0.15) is 22.3 Å². The molecule has 0 bridgehead atoms. The van der Waals surface area contributed by atoms with Crippen molar-refractivity contribution < 1.29 is 41.0 Å². The number of carbonyl (C=O) groups is 1. The molecule has 0 aliphatic carbocycles. The lowest BCUT2D eigenvalue weighted by Gasteiger charge is -2.32. The summed E-state index contributed by atoms with van der Waals surface area (Å²) in [5, 5.41) is 14.6. The molecule has 5 rings (SSSR count). The number of amidine groups is 1. The SMILES string of the molecule is O=C1N=C(N2CCOC(CO)C2)S/C1=C\c1ccc2c(cnn2Cc2ccc(C(F)(F)F)cc2C(F)(F)F)c1. The molecule has 1 unspecified atom stereocenters. The van der Waals surface area contributed by atoms with Gasteiger partial charge in [-0.15, -0.1) is 0 Å². The summed E-state index contributed by atoms with van der Waals surface area (Å²) in [4.78, 5) is 18.8. The Morgan fingerprint density at radius 2 is 1.90 bits per heavy atom. The molecule has 1 aromatic heterocycles. The van der Waals surface area contributed by atoms with Crippen molar-refractivity contribution in [1.82, 2.24) is 14.7 Å². The molecule has 39 heavy (non-hydrogen) atoms. The number of aliphatic imine (C=N–C) groups is 1. The fourth-order valence-electron chi connectivity index (χ4n) is 4.33. The highest BCUT2D eigenvalue weighted by atomic mass is 32.2. The lowest BCUT2D eigenvalue weighted by atomic mass is 10.0. The molecule has 2 aliphatic heterocycles. The number of ether oxygens (including phenoxy) is 1. The fourth-order valence-corrected chi connectivity index (χ4v) is 5.27. The molecule has 2 aromatic carbocycles. The zero-order valence-corrected chi connectivity index (χ0v) is 20.8. The van der Waals surface area contributed by atoms with E-state index in [4.69, 9.17) is 4.74 Å². The number of aliphatic hydroxyl groups is 1. The normalized spacial score (nSPS) is 19.8. The number of hydrogen-bond acceptors (Lipinski definition) is 6. The molecule has 0 spiro atoms. The van der Waals surface area contributed by atoms with Gasteiger partial charge < -0.3 is 14.7 Å². The van der Waals surface area contributed by atoms with E-state index in [9.17, 15) is 36.2 Å². The highest BCUT2D eigenvalue weighted by molar-refractivity contribution is 8.18. The first-order valence-electron chi connectivity index (χ1n) is 11.7. The largest absolute Gasteiger partial charge is 0.416 e. The first kappa shape index (κ1) is 27.2. The molecule has 0 saturated carbocycles. The van der Waals surface area contributed by atoms with E-state index >= 15 is 0 Å².